The van der Waals surface area contributed by atoms with Gasteiger partial charge in [0.05, 0.1) is 10.2 Å². The van der Waals surface area contributed by atoms with Gasteiger partial charge in [-0.3, -0.25) is 0 Å². The quantitative estimate of drug-likeness (QED) is 0.697. The third-order valence-electron chi connectivity index (χ3n) is 2.47. The fourth-order valence-electron chi connectivity index (χ4n) is 1.64. The summed E-state index contributed by atoms with van der Waals surface area (Å²) in [5.74, 6) is 1.42. The number of nitrogens with two attached hydrogens (primary N) is 1. The molecule has 0 saturated heterocycles. The second kappa shape index (κ2) is 4.07. The summed E-state index contributed by atoms with van der Waals surface area (Å²) in [6, 6.07) is 13.4. The highest BCUT2D eigenvalue weighted by atomic mass is 32.1. The Hall–Kier alpha value is -2.07. The van der Waals surface area contributed by atoms with E-state index in [-0.39, 0.29) is 0 Å². The molecule has 1 aromatic heterocycles. The summed E-state index contributed by atoms with van der Waals surface area (Å²) < 4.78 is 6.80. The van der Waals surface area contributed by atoms with Gasteiger partial charge in [0, 0.05) is 0 Å². The van der Waals surface area contributed by atoms with Crippen LogP contribution in [0.2, 0.25) is 0 Å². The fraction of sp³-hybridized carbons (Fsp3) is 0. The average Bonchev–Trinajstić information content (AvgIpc) is 2.83. The number of hydrogen-bond donors (Lipinski definition) is 1. The van der Waals surface area contributed by atoms with E-state index < -0.39 is 0 Å². The number of nitrogen functional groups attached to an aromatic ring is 1. The van der Waals surface area contributed by atoms with Crippen molar-refractivity contribution in [3.05, 3.63) is 48.0 Å². The number of fused-ring (bicyclic) bond motifs is 1. The highest BCUT2D eigenvalue weighted by molar-refractivity contribution is 7.16. The molecule has 0 atom stereocenters. The second-order valence-electron chi connectivity index (χ2n) is 3.59. The third kappa shape index (κ3) is 1.83. The van der Waals surface area contributed by atoms with Crippen molar-refractivity contribution >= 4 is 27.2 Å². The van der Waals surface area contributed by atoms with Gasteiger partial charge in [0.15, 0.2) is 5.75 Å². The molecule has 1 heterocycles. The Bertz CT molecular complexity index is 649. The number of hydrogen-bond acceptors (Lipinski definition) is 4. The van der Waals surface area contributed by atoms with Gasteiger partial charge >= 0.3 is 0 Å². The lowest BCUT2D eigenvalue weighted by Crippen LogP contribution is -1.92. The molecule has 0 spiro atoms. The molecule has 3 rings (SSSR count). The van der Waals surface area contributed by atoms with Crippen LogP contribution in [0.5, 0.6) is 11.5 Å². The van der Waals surface area contributed by atoms with Crippen molar-refractivity contribution in [2.24, 2.45) is 0 Å². The maximum absolute atomic E-state index is 6.03. The van der Waals surface area contributed by atoms with Gasteiger partial charge in [-0.15, -0.1) is 11.3 Å². The number of anilines is 1. The fourth-order valence-corrected chi connectivity index (χ4v) is 2.33. The molecule has 0 bridgehead atoms. The van der Waals surface area contributed by atoms with Gasteiger partial charge in [-0.05, 0) is 24.3 Å². The summed E-state index contributed by atoms with van der Waals surface area (Å²) in [7, 11) is 0. The average molecular weight is 242 g/mol. The first kappa shape index (κ1) is 10.1. The lowest BCUT2D eigenvalue weighted by molar-refractivity contribution is 0.485. The number of ether oxygens (including phenoxy) is 1. The van der Waals surface area contributed by atoms with E-state index in [1.165, 1.54) is 0 Å². The summed E-state index contributed by atoms with van der Waals surface area (Å²) in [6.45, 7) is 0. The second-order valence-corrected chi connectivity index (χ2v) is 4.48. The number of thiazole rings is 1. The van der Waals surface area contributed by atoms with Crippen LogP contribution in [0.1, 0.15) is 0 Å². The summed E-state index contributed by atoms with van der Waals surface area (Å²) in [5.41, 5.74) is 9.21. The highest BCUT2D eigenvalue weighted by Crippen LogP contribution is 2.34. The lowest BCUT2D eigenvalue weighted by Gasteiger charge is -2.08. The number of aromatic nitrogens is 1. The Kier molecular flexibility index (Phi) is 2.42. The van der Waals surface area contributed by atoms with Crippen molar-refractivity contribution < 1.29 is 4.74 Å². The van der Waals surface area contributed by atoms with Gasteiger partial charge in [-0.25, -0.2) is 4.98 Å². The summed E-state index contributed by atoms with van der Waals surface area (Å²) in [4.78, 5) is 4.23. The molecule has 17 heavy (non-hydrogen) atoms. The molecule has 0 amide bonds. The monoisotopic (exact) mass is 242 g/mol. The van der Waals surface area contributed by atoms with Crippen LogP contribution in [0.25, 0.3) is 10.2 Å². The molecule has 0 fully saturated rings. The van der Waals surface area contributed by atoms with Crippen LogP contribution in [-0.2, 0) is 0 Å². The van der Waals surface area contributed by atoms with Crippen molar-refractivity contribution in [3.8, 4) is 11.5 Å². The minimum atomic E-state index is 0.590. The molecule has 0 aliphatic rings. The largest absolute Gasteiger partial charge is 0.455 e. The van der Waals surface area contributed by atoms with E-state index in [4.69, 9.17) is 10.5 Å². The normalized spacial score (nSPS) is 10.6. The Morgan fingerprint density at radius 3 is 2.71 bits per heavy atom. The Morgan fingerprint density at radius 1 is 1.06 bits per heavy atom. The zero-order valence-corrected chi connectivity index (χ0v) is 9.78. The zero-order valence-electron chi connectivity index (χ0n) is 8.96. The van der Waals surface area contributed by atoms with Crippen molar-refractivity contribution in [1.82, 2.24) is 4.98 Å². The Labute approximate surface area is 102 Å². The van der Waals surface area contributed by atoms with Gasteiger partial charge < -0.3 is 10.5 Å². The van der Waals surface area contributed by atoms with Crippen LogP contribution in [0.15, 0.2) is 48.0 Å². The van der Waals surface area contributed by atoms with Crippen molar-refractivity contribution in [2.45, 2.75) is 0 Å². The first-order valence-corrected chi connectivity index (χ1v) is 6.07. The predicted octanol–water partition coefficient (Wildman–Crippen LogP) is 3.67. The van der Waals surface area contributed by atoms with Crippen LogP contribution in [-0.4, -0.2) is 4.98 Å². The van der Waals surface area contributed by atoms with E-state index in [1.54, 1.807) is 16.8 Å². The molecule has 0 unspecified atom stereocenters. The van der Waals surface area contributed by atoms with Crippen LogP contribution in [0, 0.1) is 0 Å². The SMILES string of the molecule is Nc1c(Oc2ccccc2)ccc2scnc12. The molecule has 84 valence electrons. The maximum atomic E-state index is 6.03. The molecule has 2 N–H and O–H groups in total. The van der Waals surface area contributed by atoms with Crippen molar-refractivity contribution in [1.29, 1.82) is 0 Å². The summed E-state index contributed by atoms with van der Waals surface area (Å²) >= 11 is 1.57. The van der Waals surface area contributed by atoms with E-state index in [0.29, 0.717) is 11.4 Å². The van der Waals surface area contributed by atoms with E-state index in [2.05, 4.69) is 4.98 Å². The van der Waals surface area contributed by atoms with Crippen LogP contribution in [0.4, 0.5) is 5.69 Å². The van der Waals surface area contributed by atoms with Gasteiger partial charge in [-0.1, -0.05) is 18.2 Å². The molecule has 0 saturated carbocycles. The Morgan fingerprint density at radius 2 is 1.88 bits per heavy atom. The zero-order chi connectivity index (χ0) is 11.7. The molecular weight excluding hydrogens is 232 g/mol. The maximum Gasteiger partial charge on any atom is 0.152 e. The van der Waals surface area contributed by atoms with E-state index in [9.17, 15) is 0 Å². The number of nitrogens with zero attached hydrogens (tertiary/aromatic N) is 1. The third-order valence-corrected chi connectivity index (χ3v) is 3.27. The van der Waals surface area contributed by atoms with Gasteiger partial charge in [0.25, 0.3) is 0 Å². The molecule has 0 aliphatic carbocycles. The molecule has 0 radical (unpaired) electrons. The smallest absolute Gasteiger partial charge is 0.152 e. The molecule has 4 heteroatoms. The first-order valence-electron chi connectivity index (χ1n) is 5.19. The number of rotatable bonds is 2. The van der Waals surface area contributed by atoms with Gasteiger partial charge in [0.2, 0.25) is 0 Å². The van der Waals surface area contributed by atoms with Crippen LogP contribution >= 0.6 is 11.3 Å². The number of para-hydroxylation sites is 1. The molecule has 2 aromatic carbocycles. The van der Waals surface area contributed by atoms with E-state index in [1.807, 2.05) is 42.5 Å². The first-order chi connectivity index (χ1) is 8.34. The van der Waals surface area contributed by atoms with Crippen molar-refractivity contribution in [3.63, 3.8) is 0 Å². The molecule has 0 aliphatic heterocycles. The van der Waals surface area contributed by atoms with Gasteiger partial charge in [0.1, 0.15) is 17.0 Å². The van der Waals surface area contributed by atoms with Crippen LogP contribution < -0.4 is 10.5 Å². The van der Waals surface area contributed by atoms with Crippen molar-refractivity contribution in [2.75, 3.05) is 5.73 Å². The van der Waals surface area contributed by atoms with Crippen LogP contribution in [0.3, 0.4) is 0 Å². The number of benzene rings is 2. The molecule has 3 nitrogen and oxygen atoms in total. The van der Waals surface area contributed by atoms with E-state index in [0.717, 1.165) is 16.0 Å². The lowest BCUT2D eigenvalue weighted by atomic mass is 10.2. The summed E-state index contributed by atoms with van der Waals surface area (Å²) in [5, 5.41) is 0. The standard InChI is InChI=1S/C13H10N2OS/c14-12-10(16-9-4-2-1-3-5-9)6-7-11-13(12)15-8-17-11/h1-8H,14H2. The minimum Gasteiger partial charge on any atom is -0.455 e. The van der Waals surface area contributed by atoms with E-state index >= 15 is 0 Å². The Balaban J connectivity index is 2.03. The molecule has 3 aromatic rings. The minimum absolute atomic E-state index is 0.590. The highest BCUT2D eigenvalue weighted by Gasteiger charge is 2.08. The van der Waals surface area contributed by atoms with Gasteiger partial charge in [-0.2, -0.15) is 0 Å². The predicted molar refractivity (Wildman–Crippen MR) is 70.5 cm³/mol. The molecular formula is C13H10N2OS. The summed E-state index contributed by atoms with van der Waals surface area (Å²) in [6.07, 6.45) is 0. The topological polar surface area (TPSA) is 48.1 Å².